The molecular weight excluding hydrogens is 158 g/mol. The zero-order chi connectivity index (χ0) is 9.84. The van der Waals surface area contributed by atoms with E-state index in [1.807, 2.05) is 0 Å². The first-order chi connectivity index (χ1) is 6.08. The smallest absolute Gasteiger partial charge is 0.000724 e. The second kappa shape index (κ2) is 4.99. The lowest BCUT2D eigenvalue weighted by Gasteiger charge is -2.35. The SMILES string of the molecule is CC(C)CCN1C[C@H](C)C[C@H](C)C1. The van der Waals surface area contributed by atoms with E-state index in [-0.39, 0.29) is 0 Å². The van der Waals surface area contributed by atoms with Crippen LogP contribution in [0.5, 0.6) is 0 Å². The molecule has 1 heteroatoms. The molecular formula is C12H25N. The number of rotatable bonds is 3. The van der Waals surface area contributed by atoms with Gasteiger partial charge in [-0.1, -0.05) is 27.7 Å². The highest BCUT2D eigenvalue weighted by Crippen LogP contribution is 2.21. The van der Waals surface area contributed by atoms with Crippen LogP contribution in [-0.4, -0.2) is 24.5 Å². The van der Waals surface area contributed by atoms with Crippen molar-refractivity contribution in [2.24, 2.45) is 17.8 Å². The van der Waals surface area contributed by atoms with Crippen LogP contribution in [0.25, 0.3) is 0 Å². The Morgan fingerprint density at radius 1 is 1.15 bits per heavy atom. The number of piperidine rings is 1. The summed E-state index contributed by atoms with van der Waals surface area (Å²) in [6.45, 7) is 13.4. The van der Waals surface area contributed by atoms with E-state index in [9.17, 15) is 0 Å². The largest absolute Gasteiger partial charge is 0.303 e. The van der Waals surface area contributed by atoms with Crippen molar-refractivity contribution in [3.63, 3.8) is 0 Å². The van der Waals surface area contributed by atoms with E-state index in [0.29, 0.717) is 0 Å². The Morgan fingerprint density at radius 2 is 1.69 bits per heavy atom. The lowest BCUT2D eigenvalue weighted by Crippen LogP contribution is -2.39. The summed E-state index contributed by atoms with van der Waals surface area (Å²) in [4.78, 5) is 2.65. The lowest BCUT2D eigenvalue weighted by atomic mass is 9.91. The van der Waals surface area contributed by atoms with Gasteiger partial charge in [-0.3, -0.25) is 0 Å². The van der Waals surface area contributed by atoms with Crippen LogP contribution < -0.4 is 0 Å². The van der Waals surface area contributed by atoms with Crippen molar-refractivity contribution in [2.45, 2.75) is 40.5 Å². The van der Waals surface area contributed by atoms with E-state index in [2.05, 4.69) is 32.6 Å². The fourth-order valence-electron chi connectivity index (χ4n) is 2.42. The molecule has 0 spiro atoms. The normalized spacial score (nSPS) is 31.2. The zero-order valence-corrected chi connectivity index (χ0v) is 9.71. The maximum absolute atomic E-state index is 2.65. The highest BCUT2D eigenvalue weighted by molar-refractivity contribution is 4.74. The molecule has 0 N–H and O–H groups in total. The molecule has 0 aromatic heterocycles. The van der Waals surface area contributed by atoms with Crippen LogP contribution in [-0.2, 0) is 0 Å². The van der Waals surface area contributed by atoms with E-state index in [4.69, 9.17) is 0 Å². The average molecular weight is 183 g/mol. The molecule has 1 saturated heterocycles. The maximum atomic E-state index is 2.65. The van der Waals surface area contributed by atoms with Crippen molar-refractivity contribution in [3.8, 4) is 0 Å². The molecule has 1 aliphatic rings. The molecule has 13 heavy (non-hydrogen) atoms. The van der Waals surface area contributed by atoms with E-state index in [1.54, 1.807) is 0 Å². The zero-order valence-electron chi connectivity index (χ0n) is 9.71. The number of hydrogen-bond acceptors (Lipinski definition) is 1. The Bertz CT molecular complexity index is 132. The Kier molecular flexibility index (Phi) is 4.24. The summed E-state index contributed by atoms with van der Waals surface area (Å²) >= 11 is 0. The predicted octanol–water partition coefficient (Wildman–Crippen LogP) is 3.01. The highest BCUT2D eigenvalue weighted by Gasteiger charge is 2.21. The summed E-state index contributed by atoms with van der Waals surface area (Å²) in [6.07, 6.45) is 2.79. The molecule has 0 aliphatic carbocycles. The van der Waals surface area contributed by atoms with Crippen LogP contribution in [0.15, 0.2) is 0 Å². The van der Waals surface area contributed by atoms with Gasteiger partial charge in [0.1, 0.15) is 0 Å². The summed E-state index contributed by atoms with van der Waals surface area (Å²) in [7, 11) is 0. The van der Waals surface area contributed by atoms with Gasteiger partial charge < -0.3 is 4.90 Å². The molecule has 1 rings (SSSR count). The number of hydrogen-bond donors (Lipinski definition) is 0. The molecule has 0 radical (unpaired) electrons. The Balaban J connectivity index is 2.25. The molecule has 0 amide bonds. The molecule has 1 nitrogen and oxygen atoms in total. The molecule has 78 valence electrons. The van der Waals surface area contributed by atoms with Crippen LogP contribution in [0.4, 0.5) is 0 Å². The number of likely N-dealkylation sites (tertiary alicyclic amines) is 1. The van der Waals surface area contributed by atoms with Crippen molar-refractivity contribution in [2.75, 3.05) is 19.6 Å². The monoisotopic (exact) mass is 183 g/mol. The molecule has 1 fully saturated rings. The summed E-state index contributed by atoms with van der Waals surface area (Å²) in [5, 5.41) is 0. The van der Waals surface area contributed by atoms with Gasteiger partial charge in [-0.2, -0.15) is 0 Å². The minimum atomic E-state index is 0.854. The van der Waals surface area contributed by atoms with Crippen LogP contribution in [0.3, 0.4) is 0 Å². The average Bonchev–Trinajstić information content (AvgIpc) is 1.99. The van der Waals surface area contributed by atoms with Gasteiger partial charge in [-0.25, -0.2) is 0 Å². The van der Waals surface area contributed by atoms with E-state index < -0.39 is 0 Å². The number of nitrogens with zero attached hydrogens (tertiary/aromatic N) is 1. The fourth-order valence-corrected chi connectivity index (χ4v) is 2.42. The first kappa shape index (κ1) is 11.0. The second-order valence-electron chi connectivity index (χ2n) is 5.39. The lowest BCUT2D eigenvalue weighted by molar-refractivity contribution is 0.135. The van der Waals surface area contributed by atoms with Gasteiger partial charge in [0.25, 0.3) is 0 Å². The van der Waals surface area contributed by atoms with Crippen LogP contribution >= 0.6 is 0 Å². The van der Waals surface area contributed by atoms with E-state index in [1.165, 1.54) is 32.5 Å². The second-order valence-corrected chi connectivity index (χ2v) is 5.39. The first-order valence-corrected chi connectivity index (χ1v) is 5.80. The third-order valence-corrected chi connectivity index (χ3v) is 2.97. The van der Waals surface area contributed by atoms with Gasteiger partial charge in [-0.05, 0) is 37.1 Å². The van der Waals surface area contributed by atoms with Gasteiger partial charge in [0.2, 0.25) is 0 Å². The van der Waals surface area contributed by atoms with E-state index in [0.717, 1.165) is 17.8 Å². The molecule has 0 saturated carbocycles. The molecule has 0 aromatic rings. The minimum Gasteiger partial charge on any atom is -0.303 e. The van der Waals surface area contributed by atoms with Crippen molar-refractivity contribution < 1.29 is 0 Å². The molecule has 1 heterocycles. The van der Waals surface area contributed by atoms with Crippen LogP contribution in [0, 0.1) is 17.8 Å². The van der Waals surface area contributed by atoms with Crippen molar-refractivity contribution >= 4 is 0 Å². The molecule has 0 aromatic carbocycles. The summed E-state index contributed by atoms with van der Waals surface area (Å²) in [5.74, 6) is 2.68. The van der Waals surface area contributed by atoms with Gasteiger partial charge in [-0.15, -0.1) is 0 Å². The Hall–Kier alpha value is -0.0400. The van der Waals surface area contributed by atoms with E-state index >= 15 is 0 Å². The molecule has 0 unspecified atom stereocenters. The highest BCUT2D eigenvalue weighted by atomic mass is 15.1. The Morgan fingerprint density at radius 3 is 2.15 bits per heavy atom. The van der Waals surface area contributed by atoms with Crippen LogP contribution in [0.1, 0.15) is 40.5 Å². The minimum absolute atomic E-state index is 0.854. The van der Waals surface area contributed by atoms with Crippen molar-refractivity contribution in [3.05, 3.63) is 0 Å². The van der Waals surface area contributed by atoms with Crippen LogP contribution in [0.2, 0.25) is 0 Å². The van der Waals surface area contributed by atoms with Gasteiger partial charge in [0.15, 0.2) is 0 Å². The van der Waals surface area contributed by atoms with Gasteiger partial charge >= 0.3 is 0 Å². The molecule has 1 aliphatic heterocycles. The quantitative estimate of drug-likeness (QED) is 0.650. The summed E-state index contributed by atoms with van der Waals surface area (Å²) < 4.78 is 0. The Labute approximate surface area is 83.5 Å². The van der Waals surface area contributed by atoms with Crippen molar-refractivity contribution in [1.82, 2.24) is 4.90 Å². The van der Waals surface area contributed by atoms with Gasteiger partial charge in [0.05, 0.1) is 0 Å². The third kappa shape index (κ3) is 4.12. The fraction of sp³-hybridized carbons (Fsp3) is 1.00. The molecule has 2 atom stereocenters. The standard InChI is InChI=1S/C12H25N/c1-10(2)5-6-13-8-11(3)7-12(4)9-13/h10-12H,5-9H2,1-4H3/t11-,12+. The third-order valence-electron chi connectivity index (χ3n) is 2.97. The first-order valence-electron chi connectivity index (χ1n) is 5.80. The summed E-state index contributed by atoms with van der Waals surface area (Å²) in [5.41, 5.74) is 0. The predicted molar refractivity (Wildman–Crippen MR) is 58.8 cm³/mol. The summed E-state index contributed by atoms with van der Waals surface area (Å²) in [6, 6.07) is 0. The van der Waals surface area contributed by atoms with Crippen molar-refractivity contribution in [1.29, 1.82) is 0 Å². The molecule has 0 bridgehead atoms. The maximum Gasteiger partial charge on any atom is 0.000724 e. The topological polar surface area (TPSA) is 3.24 Å². The van der Waals surface area contributed by atoms with Gasteiger partial charge in [0, 0.05) is 13.1 Å².